The van der Waals surface area contributed by atoms with Crippen LogP contribution in [0, 0.1) is 0 Å². The lowest BCUT2D eigenvalue weighted by Crippen LogP contribution is -1.91. The Morgan fingerprint density at radius 3 is 2.92 bits per heavy atom. The van der Waals surface area contributed by atoms with Gasteiger partial charge in [-0.2, -0.15) is 0 Å². The zero-order valence-electron chi connectivity index (χ0n) is 6.78. The van der Waals surface area contributed by atoms with E-state index in [0.29, 0.717) is 0 Å². The highest BCUT2D eigenvalue weighted by Gasteiger charge is 1.98. The van der Waals surface area contributed by atoms with Crippen LogP contribution in [0.2, 0.25) is 0 Å². The van der Waals surface area contributed by atoms with Crippen LogP contribution in [0.4, 0.5) is 5.69 Å². The van der Waals surface area contributed by atoms with E-state index in [-0.39, 0.29) is 0 Å². The molecule has 0 spiro atoms. The largest absolute Gasteiger partial charge is 0.386 e. The van der Waals surface area contributed by atoms with Crippen molar-refractivity contribution in [2.75, 3.05) is 12.4 Å². The minimum Gasteiger partial charge on any atom is -0.386 e. The van der Waals surface area contributed by atoms with Gasteiger partial charge < -0.3 is 5.32 Å². The molecule has 60 valence electrons. The summed E-state index contributed by atoms with van der Waals surface area (Å²) in [6.45, 7) is 0. The Hall–Kier alpha value is -1.64. The normalized spacial score (nSPS) is 10.1. The molecule has 0 unspecified atom stereocenters. The quantitative estimate of drug-likeness (QED) is 0.687. The SMILES string of the molecule is CNc1ccnc2cccnc12. The van der Waals surface area contributed by atoms with Crippen molar-refractivity contribution in [3.05, 3.63) is 30.6 Å². The van der Waals surface area contributed by atoms with Crippen LogP contribution in [0.1, 0.15) is 0 Å². The molecule has 0 bridgehead atoms. The molecule has 3 heteroatoms. The standard InChI is InChI=1S/C9H9N3/c1-10-7-4-6-11-8-3-2-5-12-9(7)8/h2-6H,1H3,(H,10,11). The van der Waals surface area contributed by atoms with Gasteiger partial charge in [-0.3, -0.25) is 9.97 Å². The fourth-order valence-electron chi connectivity index (χ4n) is 1.18. The van der Waals surface area contributed by atoms with E-state index in [1.54, 1.807) is 12.4 Å². The van der Waals surface area contributed by atoms with Gasteiger partial charge in [0.25, 0.3) is 0 Å². The molecule has 0 amide bonds. The molecule has 0 fully saturated rings. The summed E-state index contributed by atoms with van der Waals surface area (Å²) in [6, 6.07) is 5.74. The van der Waals surface area contributed by atoms with Crippen molar-refractivity contribution in [3.8, 4) is 0 Å². The Bertz CT molecular complexity index is 392. The fourth-order valence-corrected chi connectivity index (χ4v) is 1.18. The number of aromatic nitrogens is 2. The number of fused-ring (bicyclic) bond motifs is 1. The summed E-state index contributed by atoms with van der Waals surface area (Å²) < 4.78 is 0. The summed E-state index contributed by atoms with van der Waals surface area (Å²) in [5.41, 5.74) is 2.85. The lowest BCUT2D eigenvalue weighted by molar-refractivity contribution is 1.32. The second-order valence-corrected chi connectivity index (χ2v) is 2.48. The number of rotatable bonds is 1. The Kier molecular flexibility index (Phi) is 1.63. The average molecular weight is 159 g/mol. The van der Waals surface area contributed by atoms with E-state index in [9.17, 15) is 0 Å². The molecule has 0 saturated carbocycles. The molecular formula is C9H9N3. The van der Waals surface area contributed by atoms with Crippen LogP contribution in [0.3, 0.4) is 0 Å². The van der Waals surface area contributed by atoms with Gasteiger partial charge >= 0.3 is 0 Å². The molecule has 2 heterocycles. The lowest BCUT2D eigenvalue weighted by Gasteiger charge is -2.02. The number of pyridine rings is 2. The minimum atomic E-state index is 0.919. The van der Waals surface area contributed by atoms with E-state index < -0.39 is 0 Å². The van der Waals surface area contributed by atoms with Crippen LogP contribution in [-0.2, 0) is 0 Å². The van der Waals surface area contributed by atoms with Gasteiger partial charge in [0.1, 0.15) is 5.52 Å². The lowest BCUT2D eigenvalue weighted by atomic mass is 10.3. The predicted molar refractivity (Wildman–Crippen MR) is 49.1 cm³/mol. The Morgan fingerprint density at radius 2 is 2.08 bits per heavy atom. The van der Waals surface area contributed by atoms with Crippen LogP contribution in [0.15, 0.2) is 30.6 Å². The monoisotopic (exact) mass is 159 g/mol. The Morgan fingerprint density at radius 1 is 1.17 bits per heavy atom. The Balaban J connectivity index is 2.79. The second-order valence-electron chi connectivity index (χ2n) is 2.48. The minimum absolute atomic E-state index is 0.919. The Labute approximate surface area is 70.5 Å². The molecule has 2 aromatic heterocycles. The summed E-state index contributed by atoms with van der Waals surface area (Å²) in [7, 11) is 1.88. The van der Waals surface area contributed by atoms with E-state index in [1.165, 1.54) is 0 Å². The van der Waals surface area contributed by atoms with Gasteiger partial charge in [-0.25, -0.2) is 0 Å². The van der Waals surface area contributed by atoms with Crippen molar-refractivity contribution >= 4 is 16.7 Å². The highest BCUT2D eigenvalue weighted by atomic mass is 14.9. The first kappa shape index (κ1) is 7.03. The number of nitrogens with one attached hydrogen (secondary N) is 1. The highest BCUT2D eigenvalue weighted by Crippen LogP contribution is 2.16. The molecule has 0 aromatic carbocycles. The number of anilines is 1. The van der Waals surface area contributed by atoms with Crippen LogP contribution in [0.5, 0.6) is 0 Å². The summed E-state index contributed by atoms with van der Waals surface area (Å²) in [5, 5.41) is 3.07. The fraction of sp³-hybridized carbons (Fsp3) is 0.111. The van der Waals surface area contributed by atoms with Gasteiger partial charge in [-0.1, -0.05) is 0 Å². The molecule has 12 heavy (non-hydrogen) atoms. The molecular weight excluding hydrogens is 150 g/mol. The molecule has 0 saturated heterocycles. The zero-order valence-corrected chi connectivity index (χ0v) is 6.78. The van der Waals surface area contributed by atoms with Crippen LogP contribution in [0.25, 0.3) is 11.0 Å². The van der Waals surface area contributed by atoms with Crippen molar-refractivity contribution in [1.82, 2.24) is 9.97 Å². The average Bonchev–Trinajstić information content (AvgIpc) is 2.17. The van der Waals surface area contributed by atoms with Gasteiger partial charge in [0.15, 0.2) is 0 Å². The van der Waals surface area contributed by atoms with Gasteiger partial charge in [-0.15, -0.1) is 0 Å². The summed E-state index contributed by atoms with van der Waals surface area (Å²) >= 11 is 0. The first-order valence-electron chi connectivity index (χ1n) is 3.79. The van der Waals surface area contributed by atoms with Crippen LogP contribution in [-0.4, -0.2) is 17.0 Å². The van der Waals surface area contributed by atoms with E-state index in [0.717, 1.165) is 16.7 Å². The van der Waals surface area contributed by atoms with Crippen molar-refractivity contribution in [2.45, 2.75) is 0 Å². The van der Waals surface area contributed by atoms with Gasteiger partial charge in [0.2, 0.25) is 0 Å². The maximum Gasteiger partial charge on any atom is 0.112 e. The third-order valence-electron chi connectivity index (χ3n) is 1.77. The molecule has 0 aliphatic rings. The number of nitrogens with zero attached hydrogens (tertiary/aromatic N) is 2. The maximum atomic E-state index is 4.23. The third kappa shape index (κ3) is 0.993. The topological polar surface area (TPSA) is 37.8 Å². The van der Waals surface area contributed by atoms with E-state index in [4.69, 9.17) is 0 Å². The molecule has 1 N–H and O–H groups in total. The summed E-state index contributed by atoms with van der Waals surface area (Å²) in [6.07, 6.45) is 3.54. The van der Waals surface area contributed by atoms with Crippen molar-refractivity contribution < 1.29 is 0 Å². The number of hydrogen-bond acceptors (Lipinski definition) is 3. The van der Waals surface area contributed by atoms with E-state index >= 15 is 0 Å². The van der Waals surface area contributed by atoms with Crippen molar-refractivity contribution in [1.29, 1.82) is 0 Å². The molecule has 0 radical (unpaired) electrons. The summed E-state index contributed by atoms with van der Waals surface area (Å²) in [5.74, 6) is 0. The highest BCUT2D eigenvalue weighted by molar-refractivity contribution is 5.86. The van der Waals surface area contributed by atoms with E-state index in [1.807, 2.05) is 25.2 Å². The third-order valence-corrected chi connectivity index (χ3v) is 1.77. The molecule has 0 aliphatic carbocycles. The van der Waals surface area contributed by atoms with Gasteiger partial charge in [0.05, 0.1) is 11.2 Å². The molecule has 0 aliphatic heterocycles. The van der Waals surface area contributed by atoms with Crippen LogP contribution < -0.4 is 5.32 Å². The van der Waals surface area contributed by atoms with Crippen LogP contribution >= 0.6 is 0 Å². The second kappa shape index (κ2) is 2.77. The molecule has 0 atom stereocenters. The smallest absolute Gasteiger partial charge is 0.112 e. The molecule has 2 rings (SSSR count). The zero-order chi connectivity index (χ0) is 8.39. The van der Waals surface area contributed by atoms with E-state index in [2.05, 4.69) is 15.3 Å². The van der Waals surface area contributed by atoms with Crippen molar-refractivity contribution in [2.24, 2.45) is 0 Å². The van der Waals surface area contributed by atoms with Gasteiger partial charge in [-0.05, 0) is 18.2 Å². The molecule has 2 aromatic rings. The van der Waals surface area contributed by atoms with Gasteiger partial charge in [0, 0.05) is 19.4 Å². The maximum absolute atomic E-state index is 4.23. The first-order chi connectivity index (χ1) is 5.92. The molecule has 3 nitrogen and oxygen atoms in total. The van der Waals surface area contributed by atoms with Crippen molar-refractivity contribution in [3.63, 3.8) is 0 Å². The predicted octanol–water partition coefficient (Wildman–Crippen LogP) is 1.67. The number of hydrogen-bond donors (Lipinski definition) is 1. The first-order valence-corrected chi connectivity index (χ1v) is 3.79. The summed E-state index contributed by atoms with van der Waals surface area (Å²) in [4.78, 5) is 8.41.